The smallest absolute Gasteiger partial charge is 0.326 e. The van der Waals surface area contributed by atoms with Gasteiger partial charge in [0, 0.05) is 5.02 Å². The van der Waals surface area contributed by atoms with Gasteiger partial charge in [-0.2, -0.15) is 0 Å². The zero-order chi connectivity index (χ0) is 13.7. The number of phenols is 1. The summed E-state index contributed by atoms with van der Waals surface area (Å²) in [7, 11) is 0. The van der Waals surface area contributed by atoms with Crippen LogP contribution in [0.15, 0.2) is 18.2 Å². The maximum Gasteiger partial charge on any atom is 0.326 e. The predicted molar refractivity (Wildman–Crippen MR) is 66.9 cm³/mol. The van der Waals surface area contributed by atoms with Crippen molar-refractivity contribution in [1.82, 2.24) is 5.32 Å². The minimum atomic E-state index is -1.10. The van der Waals surface area contributed by atoms with E-state index < -0.39 is 17.9 Å². The quantitative estimate of drug-likeness (QED) is 0.765. The first-order valence-corrected chi connectivity index (χ1v) is 5.85. The SMILES string of the molecule is CCC[C@H](NC(=O)c1ccc(Cl)cc1O)C(=O)O. The molecular weight excluding hydrogens is 258 g/mol. The Hall–Kier alpha value is -1.75. The molecule has 0 aliphatic heterocycles. The van der Waals surface area contributed by atoms with Crippen molar-refractivity contribution in [3.8, 4) is 5.75 Å². The van der Waals surface area contributed by atoms with E-state index in [2.05, 4.69) is 5.32 Å². The standard InChI is InChI=1S/C12H14ClNO4/c1-2-3-9(12(17)18)14-11(16)8-5-4-7(13)6-10(8)15/h4-6,9,15H,2-3H2,1H3,(H,14,16)(H,17,18)/t9-/m0/s1. The van der Waals surface area contributed by atoms with E-state index in [0.717, 1.165) is 0 Å². The number of halogens is 1. The molecule has 1 rings (SSSR count). The molecule has 0 heterocycles. The number of carbonyl (C=O) groups is 2. The highest BCUT2D eigenvalue weighted by Crippen LogP contribution is 2.21. The number of carbonyl (C=O) groups excluding carboxylic acids is 1. The van der Waals surface area contributed by atoms with Gasteiger partial charge in [0.1, 0.15) is 11.8 Å². The first-order chi connectivity index (χ1) is 8.45. The lowest BCUT2D eigenvalue weighted by atomic mass is 10.1. The minimum Gasteiger partial charge on any atom is -0.507 e. The van der Waals surface area contributed by atoms with Gasteiger partial charge in [0.05, 0.1) is 5.56 Å². The van der Waals surface area contributed by atoms with Gasteiger partial charge in [-0.25, -0.2) is 4.79 Å². The molecule has 6 heteroatoms. The van der Waals surface area contributed by atoms with Crippen LogP contribution in [0.3, 0.4) is 0 Å². The van der Waals surface area contributed by atoms with Crippen molar-refractivity contribution in [3.05, 3.63) is 28.8 Å². The fourth-order valence-electron chi connectivity index (χ4n) is 1.48. The van der Waals surface area contributed by atoms with Crippen molar-refractivity contribution in [2.24, 2.45) is 0 Å². The molecule has 18 heavy (non-hydrogen) atoms. The van der Waals surface area contributed by atoms with Crippen molar-refractivity contribution in [2.75, 3.05) is 0 Å². The lowest BCUT2D eigenvalue weighted by Gasteiger charge is -2.14. The zero-order valence-electron chi connectivity index (χ0n) is 9.81. The predicted octanol–water partition coefficient (Wildman–Crippen LogP) is 2.03. The molecule has 0 unspecified atom stereocenters. The molecule has 1 amide bonds. The maximum absolute atomic E-state index is 11.8. The normalized spacial score (nSPS) is 11.9. The summed E-state index contributed by atoms with van der Waals surface area (Å²) in [6.45, 7) is 1.82. The van der Waals surface area contributed by atoms with Gasteiger partial charge in [-0.1, -0.05) is 24.9 Å². The lowest BCUT2D eigenvalue weighted by Crippen LogP contribution is -2.40. The molecule has 0 radical (unpaired) electrons. The van der Waals surface area contributed by atoms with Crippen LogP contribution in [0.5, 0.6) is 5.75 Å². The number of phenolic OH excluding ortho intramolecular Hbond substituents is 1. The van der Waals surface area contributed by atoms with E-state index in [0.29, 0.717) is 17.9 Å². The molecule has 98 valence electrons. The van der Waals surface area contributed by atoms with Crippen molar-refractivity contribution in [1.29, 1.82) is 0 Å². The lowest BCUT2D eigenvalue weighted by molar-refractivity contribution is -0.139. The molecule has 1 atom stereocenters. The minimum absolute atomic E-state index is 0.00162. The third kappa shape index (κ3) is 3.63. The number of carboxylic acid groups (broad SMARTS) is 1. The highest BCUT2D eigenvalue weighted by molar-refractivity contribution is 6.30. The average molecular weight is 272 g/mol. The van der Waals surface area contributed by atoms with Gasteiger partial charge < -0.3 is 15.5 Å². The van der Waals surface area contributed by atoms with Crippen LogP contribution in [0, 0.1) is 0 Å². The second-order valence-electron chi connectivity index (χ2n) is 3.81. The molecule has 0 saturated heterocycles. The first kappa shape index (κ1) is 14.3. The van der Waals surface area contributed by atoms with Gasteiger partial charge in [0.25, 0.3) is 5.91 Å². The Morgan fingerprint density at radius 1 is 1.44 bits per heavy atom. The van der Waals surface area contributed by atoms with E-state index in [1.165, 1.54) is 18.2 Å². The Labute approximate surface area is 109 Å². The van der Waals surface area contributed by atoms with Crippen LogP contribution in [-0.4, -0.2) is 28.1 Å². The molecular formula is C12H14ClNO4. The molecule has 3 N–H and O–H groups in total. The van der Waals surface area contributed by atoms with Crippen LogP contribution in [0.25, 0.3) is 0 Å². The Morgan fingerprint density at radius 3 is 2.61 bits per heavy atom. The molecule has 0 bridgehead atoms. The van der Waals surface area contributed by atoms with E-state index in [1.54, 1.807) is 0 Å². The summed E-state index contributed by atoms with van der Waals surface area (Å²) >= 11 is 5.64. The molecule has 0 fully saturated rings. The van der Waals surface area contributed by atoms with Crippen LogP contribution in [-0.2, 0) is 4.79 Å². The molecule has 0 aliphatic carbocycles. The monoisotopic (exact) mass is 271 g/mol. The summed E-state index contributed by atoms with van der Waals surface area (Å²) in [4.78, 5) is 22.7. The van der Waals surface area contributed by atoms with E-state index in [1.807, 2.05) is 6.92 Å². The summed E-state index contributed by atoms with van der Waals surface area (Å²) in [5.74, 6) is -2.01. The Bertz CT molecular complexity index is 461. The van der Waals surface area contributed by atoms with Gasteiger partial charge in [-0.15, -0.1) is 0 Å². The molecule has 0 aromatic heterocycles. The number of amides is 1. The van der Waals surface area contributed by atoms with Crippen molar-refractivity contribution >= 4 is 23.5 Å². The van der Waals surface area contributed by atoms with E-state index in [9.17, 15) is 14.7 Å². The number of benzene rings is 1. The van der Waals surface area contributed by atoms with E-state index >= 15 is 0 Å². The van der Waals surface area contributed by atoms with Gasteiger partial charge in [0.15, 0.2) is 0 Å². The average Bonchev–Trinajstić information content (AvgIpc) is 2.27. The highest BCUT2D eigenvalue weighted by Gasteiger charge is 2.21. The topological polar surface area (TPSA) is 86.6 Å². The van der Waals surface area contributed by atoms with Gasteiger partial charge in [0.2, 0.25) is 0 Å². The van der Waals surface area contributed by atoms with Gasteiger partial charge in [-0.3, -0.25) is 4.79 Å². The van der Waals surface area contributed by atoms with Gasteiger partial charge in [-0.05, 0) is 24.6 Å². The van der Waals surface area contributed by atoms with Crippen LogP contribution in [0.1, 0.15) is 30.1 Å². The number of hydrogen-bond donors (Lipinski definition) is 3. The number of nitrogens with one attached hydrogen (secondary N) is 1. The molecule has 0 saturated carbocycles. The third-order valence-electron chi connectivity index (χ3n) is 2.39. The fourth-order valence-corrected chi connectivity index (χ4v) is 1.65. The van der Waals surface area contributed by atoms with Crippen molar-refractivity contribution in [2.45, 2.75) is 25.8 Å². The number of carboxylic acids is 1. The Morgan fingerprint density at radius 2 is 2.11 bits per heavy atom. The number of aliphatic carboxylic acids is 1. The fraction of sp³-hybridized carbons (Fsp3) is 0.333. The molecule has 5 nitrogen and oxygen atoms in total. The number of aromatic hydroxyl groups is 1. The van der Waals surface area contributed by atoms with Crippen LogP contribution in [0.4, 0.5) is 0 Å². The van der Waals surface area contributed by atoms with Gasteiger partial charge >= 0.3 is 5.97 Å². The highest BCUT2D eigenvalue weighted by atomic mass is 35.5. The molecule has 1 aromatic rings. The summed E-state index contributed by atoms with van der Waals surface area (Å²) in [5.41, 5.74) is 0.00162. The zero-order valence-corrected chi connectivity index (χ0v) is 10.6. The Balaban J connectivity index is 2.83. The number of hydrogen-bond acceptors (Lipinski definition) is 3. The second kappa shape index (κ2) is 6.26. The largest absolute Gasteiger partial charge is 0.507 e. The first-order valence-electron chi connectivity index (χ1n) is 5.48. The van der Waals surface area contributed by atoms with Crippen LogP contribution in [0.2, 0.25) is 5.02 Å². The summed E-state index contributed by atoms with van der Waals surface area (Å²) in [5, 5.41) is 21.1. The summed E-state index contributed by atoms with van der Waals surface area (Å²) in [6, 6.07) is 3.06. The van der Waals surface area contributed by atoms with E-state index in [-0.39, 0.29) is 11.3 Å². The number of rotatable bonds is 5. The summed E-state index contributed by atoms with van der Waals surface area (Å²) < 4.78 is 0. The van der Waals surface area contributed by atoms with Crippen LogP contribution >= 0.6 is 11.6 Å². The molecule has 0 aliphatic rings. The molecule has 1 aromatic carbocycles. The third-order valence-corrected chi connectivity index (χ3v) is 2.62. The van der Waals surface area contributed by atoms with Crippen LogP contribution < -0.4 is 5.32 Å². The van der Waals surface area contributed by atoms with E-state index in [4.69, 9.17) is 16.7 Å². The van der Waals surface area contributed by atoms with Crippen molar-refractivity contribution < 1.29 is 19.8 Å². The molecule has 0 spiro atoms. The maximum atomic E-state index is 11.8. The Kier molecular flexibility index (Phi) is 4.97. The van der Waals surface area contributed by atoms with Crippen molar-refractivity contribution in [3.63, 3.8) is 0 Å². The second-order valence-corrected chi connectivity index (χ2v) is 4.25. The summed E-state index contributed by atoms with van der Waals surface area (Å²) in [6.07, 6.45) is 0.958.